The summed E-state index contributed by atoms with van der Waals surface area (Å²) in [6, 6.07) is 7.46. The number of pyridine rings is 1. The van der Waals surface area contributed by atoms with Gasteiger partial charge in [0.2, 0.25) is 0 Å². The molecular weight excluding hydrogens is 372 g/mol. The molecule has 150 valence electrons. The molecule has 28 heavy (non-hydrogen) atoms. The molecule has 0 atom stereocenters. The second-order valence-electron chi connectivity index (χ2n) is 7.67. The van der Waals surface area contributed by atoms with E-state index in [1.54, 1.807) is 11.8 Å². The highest BCUT2D eigenvalue weighted by Gasteiger charge is 2.23. The van der Waals surface area contributed by atoms with Crippen molar-refractivity contribution in [2.45, 2.75) is 19.8 Å². The number of aromatic nitrogens is 1. The van der Waals surface area contributed by atoms with Crippen LogP contribution >= 0.6 is 11.3 Å². The van der Waals surface area contributed by atoms with Gasteiger partial charge in [0.1, 0.15) is 5.82 Å². The molecule has 0 aromatic carbocycles. The maximum Gasteiger partial charge on any atom is 0.257 e. The smallest absolute Gasteiger partial charge is 0.257 e. The van der Waals surface area contributed by atoms with Crippen LogP contribution in [-0.4, -0.2) is 67.3 Å². The van der Waals surface area contributed by atoms with Gasteiger partial charge < -0.3 is 15.1 Å². The third-order valence-electron chi connectivity index (χ3n) is 4.82. The van der Waals surface area contributed by atoms with Crippen molar-refractivity contribution < 1.29 is 9.59 Å². The molecule has 1 aliphatic rings. The van der Waals surface area contributed by atoms with Crippen molar-refractivity contribution in [2.75, 3.05) is 46.1 Å². The van der Waals surface area contributed by atoms with E-state index in [0.29, 0.717) is 28.7 Å². The SMILES string of the molecule is CC(=O)c1ccc(-c2ccc(C(=O)N(C)CCN(C)C)c(NCC3CC3)n2)s1. The third-order valence-corrected chi connectivity index (χ3v) is 6.02. The van der Waals surface area contributed by atoms with Gasteiger partial charge in [0.25, 0.3) is 5.91 Å². The lowest BCUT2D eigenvalue weighted by Crippen LogP contribution is -2.34. The number of carbonyl (C=O) groups is 2. The Morgan fingerprint density at radius 2 is 1.89 bits per heavy atom. The molecule has 0 unspecified atom stereocenters. The van der Waals surface area contributed by atoms with Gasteiger partial charge in [-0.3, -0.25) is 9.59 Å². The Morgan fingerprint density at radius 3 is 2.50 bits per heavy atom. The van der Waals surface area contributed by atoms with E-state index in [1.165, 1.54) is 24.2 Å². The summed E-state index contributed by atoms with van der Waals surface area (Å²) in [4.78, 5) is 34.7. The number of hydrogen-bond acceptors (Lipinski definition) is 6. The van der Waals surface area contributed by atoms with Crippen LogP contribution in [0.5, 0.6) is 0 Å². The van der Waals surface area contributed by atoms with Crippen LogP contribution in [0.3, 0.4) is 0 Å². The number of ketones is 1. The highest BCUT2D eigenvalue weighted by Crippen LogP contribution is 2.31. The predicted octanol–water partition coefficient (Wildman–Crippen LogP) is 3.47. The number of nitrogens with one attached hydrogen (secondary N) is 1. The highest BCUT2D eigenvalue weighted by molar-refractivity contribution is 7.17. The Morgan fingerprint density at radius 1 is 1.14 bits per heavy atom. The number of carbonyl (C=O) groups excluding carboxylic acids is 2. The van der Waals surface area contributed by atoms with Gasteiger partial charge in [0.05, 0.1) is 21.0 Å². The molecule has 0 saturated heterocycles. The zero-order valence-electron chi connectivity index (χ0n) is 17.0. The molecule has 6 nitrogen and oxygen atoms in total. The molecule has 1 saturated carbocycles. The van der Waals surface area contributed by atoms with Crippen molar-refractivity contribution in [3.05, 3.63) is 34.7 Å². The maximum absolute atomic E-state index is 13.0. The summed E-state index contributed by atoms with van der Waals surface area (Å²) in [5.74, 6) is 1.32. The topological polar surface area (TPSA) is 65.5 Å². The van der Waals surface area contributed by atoms with Crippen molar-refractivity contribution in [1.29, 1.82) is 0 Å². The number of anilines is 1. The first kappa shape index (κ1) is 20.5. The zero-order valence-corrected chi connectivity index (χ0v) is 17.8. The first-order chi connectivity index (χ1) is 13.3. The third kappa shape index (κ3) is 5.17. The summed E-state index contributed by atoms with van der Waals surface area (Å²) in [5.41, 5.74) is 1.37. The fraction of sp³-hybridized carbons (Fsp3) is 0.476. The van der Waals surface area contributed by atoms with Crippen LogP contribution in [0, 0.1) is 5.92 Å². The largest absolute Gasteiger partial charge is 0.369 e. The van der Waals surface area contributed by atoms with E-state index < -0.39 is 0 Å². The van der Waals surface area contributed by atoms with Gasteiger partial charge in [-0.25, -0.2) is 4.98 Å². The molecule has 2 heterocycles. The summed E-state index contributed by atoms with van der Waals surface area (Å²) >= 11 is 1.43. The number of hydrogen-bond donors (Lipinski definition) is 1. The Kier molecular flexibility index (Phi) is 6.46. The zero-order chi connectivity index (χ0) is 20.3. The van der Waals surface area contributed by atoms with E-state index in [1.807, 2.05) is 45.4 Å². The molecule has 0 aliphatic heterocycles. The van der Waals surface area contributed by atoms with Gasteiger partial charge in [-0.15, -0.1) is 11.3 Å². The van der Waals surface area contributed by atoms with Gasteiger partial charge >= 0.3 is 0 Å². The van der Waals surface area contributed by atoms with Crippen molar-refractivity contribution in [2.24, 2.45) is 5.92 Å². The minimum absolute atomic E-state index is 0.0326. The lowest BCUT2D eigenvalue weighted by molar-refractivity contribution is 0.0786. The summed E-state index contributed by atoms with van der Waals surface area (Å²) in [6.07, 6.45) is 2.46. The molecule has 1 aliphatic carbocycles. The number of nitrogens with zero attached hydrogens (tertiary/aromatic N) is 3. The average molecular weight is 401 g/mol. The van der Waals surface area contributed by atoms with Crippen molar-refractivity contribution in [3.63, 3.8) is 0 Å². The van der Waals surface area contributed by atoms with E-state index in [-0.39, 0.29) is 11.7 Å². The Bertz CT molecular complexity index is 858. The Balaban J connectivity index is 1.85. The lowest BCUT2D eigenvalue weighted by atomic mass is 10.2. The van der Waals surface area contributed by atoms with Gasteiger partial charge in [-0.2, -0.15) is 0 Å². The van der Waals surface area contributed by atoms with E-state index in [9.17, 15) is 9.59 Å². The molecule has 0 spiro atoms. The molecular formula is C21H28N4O2S. The summed E-state index contributed by atoms with van der Waals surface area (Å²) in [5, 5.41) is 3.38. The van der Waals surface area contributed by atoms with Gasteiger partial charge in [-0.1, -0.05) is 0 Å². The first-order valence-electron chi connectivity index (χ1n) is 9.61. The highest BCUT2D eigenvalue weighted by atomic mass is 32.1. The fourth-order valence-electron chi connectivity index (χ4n) is 2.79. The maximum atomic E-state index is 13.0. The summed E-state index contributed by atoms with van der Waals surface area (Å²) < 4.78 is 0. The predicted molar refractivity (Wildman–Crippen MR) is 114 cm³/mol. The lowest BCUT2D eigenvalue weighted by Gasteiger charge is -2.21. The van der Waals surface area contributed by atoms with Crippen LogP contribution in [0.15, 0.2) is 24.3 Å². The number of rotatable bonds is 9. The number of likely N-dealkylation sites (N-methyl/N-ethyl adjacent to an activating group) is 2. The van der Waals surface area contributed by atoms with Crippen LogP contribution in [0.25, 0.3) is 10.6 Å². The van der Waals surface area contributed by atoms with Crippen molar-refractivity contribution >= 4 is 28.8 Å². The van der Waals surface area contributed by atoms with E-state index in [2.05, 4.69) is 10.2 Å². The quantitative estimate of drug-likeness (QED) is 0.653. The van der Waals surface area contributed by atoms with Crippen LogP contribution in [0.1, 0.15) is 39.8 Å². The minimum atomic E-state index is -0.0326. The van der Waals surface area contributed by atoms with Crippen LogP contribution in [0.4, 0.5) is 5.82 Å². The van der Waals surface area contributed by atoms with Crippen molar-refractivity contribution in [3.8, 4) is 10.6 Å². The van der Waals surface area contributed by atoms with E-state index >= 15 is 0 Å². The van der Waals surface area contributed by atoms with E-state index in [0.717, 1.165) is 23.7 Å². The molecule has 2 aromatic rings. The molecule has 2 aromatic heterocycles. The molecule has 3 rings (SSSR count). The number of thiophene rings is 1. The van der Waals surface area contributed by atoms with Crippen LogP contribution in [0.2, 0.25) is 0 Å². The molecule has 7 heteroatoms. The number of amides is 1. The summed E-state index contributed by atoms with van der Waals surface area (Å²) in [6.45, 7) is 3.86. The number of Topliss-reactive ketones (excluding diaryl/α,β-unsaturated/α-hetero) is 1. The minimum Gasteiger partial charge on any atom is -0.369 e. The first-order valence-corrected chi connectivity index (χ1v) is 10.4. The Hall–Kier alpha value is -2.25. The monoisotopic (exact) mass is 400 g/mol. The standard InChI is InChI=1S/C21H28N4O2S/c1-14(26)18-9-10-19(28-18)17-8-7-16(20(23-17)22-13-15-5-6-15)21(27)25(4)12-11-24(2)3/h7-10,15H,5-6,11-13H2,1-4H3,(H,22,23). The van der Waals surface area contributed by atoms with Gasteiger partial charge in [0.15, 0.2) is 5.78 Å². The molecule has 1 fully saturated rings. The van der Waals surface area contributed by atoms with Gasteiger partial charge in [0, 0.05) is 26.7 Å². The van der Waals surface area contributed by atoms with E-state index in [4.69, 9.17) is 4.98 Å². The fourth-order valence-corrected chi connectivity index (χ4v) is 3.66. The van der Waals surface area contributed by atoms with Crippen molar-refractivity contribution in [1.82, 2.24) is 14.8 Å². The average Bonchev–Trinajstić information content (AvgIpc) is 3.36. The Labute approximate surface area is 170 Å². The molecule has 0 bridgehead atoms. The normalized spacial score (nSPS) is 13.6. The second-order valence-corrected chi connectivity index (χ2v) is 8.75. The molecule has 0 radical (unpaired) electrons. The second kappa shape index (κ2) is 8.84. The van der Waals surface area contributed by atoms with Crippen LogP contribution < -0.4 is 5.32 Å². The van der Waals surface area contributed by atoms with Crippen LogP contribution in [-0.2, 0) is 0 Å². The molecule has 1 amide bonds. The molecule has 1 N–H and O–H groups in total. The van der Waals surface area contributed by atoms with Gasteiger partial charge in [-0.05, 0) is 64.0 Å². The summed E-state index contributed by atoms with van der Waals surface area (Å²) in [7, 11) is 5.81.